The van der Waals surface area contributed by atoms with Crippen LogP contribution in [0.1, 0.15) is 49.3 Å². The van der Waals surface area contributed by atoms with Gasteiger partial charge < -0.3 is 15.2 Å². The molecule has 0 unspecified atom stereocenters. The van der Waals surface area contributed by atoms with Crippen LogP contribution in [0, 0.1) is 5.82 Å². The lowest BCUT2D eigenvalue weighted by atomic mass is 10.1. The Morgan fingerprint density at radius 1 is 1.27 bits per heavy atom. The van der Waals surface area contributed by atoms with Gasteiger partial charge in [-0.05, 0) is 42.4 Å². The highest BCUT2D eigenvalue weighted by Gasteiger charge is 2.09. The van der Waals surface area contributed by atoms with E-state index in [-0.39, 0.29) is 5.82 Å². The summed E-state index contributed by atoms with van der Waals surface area (Å²) in [4.78, 5) is 4.61. The molecular formula is C19H27FN4OS. The Balaban J connectivity index is 2.04. The summed E-state index contributed by atoms with van der Waals surface area (Å²) in [6.07, 6.45) is 2.01. The van der Waals surface area contributed by atoms with E-state index in [0.29, 0.717) is 25.0 Å². The molecule has 2 N–H and O–H groups in total. The molecule has 0 fully saturated rings. The number of rotatable bonds is 8. The number of aliphatic imine (C=N–C) groups is 1. The zero-order chi connectivity index (χ0) is 18.9. The molecule has 0 saturated heterocycles. The fourth-order valence-electron chi connectivity index (χ4n) is 2.40. The van der Waals surface area contributed by atoms with E-state index in [4.69, 9.17) is 4.52 Å². The lowest BCUT2D eigenvalue weighted by Gasteiger charge is -2.11. The quantitative estimate of drug-likeness (QED) is 0.536. The Kier molecular flexibility index (Phi) is 7.97. The van der Waals surface area contributed by atoms with Crippen molar-refractivity contribution in [3.8, 4) is 0 Å². The summed E-state index contributed by atoms with van der Waals surface area (Å²) in [5, 5.41) is 10.5. The third-order valence-corrected chi connectivity index (χ3v) is 4.42. The number of halogens is 1. The fourth-order valence-corrected chi connectivity index (χ4v) is 2.98. The lowest BCUT2D eigenvalue weighted by molar-refractivity contribution is 0.372. The first-order valence-electron chi connectivity index (χ1n) is 8.77. The van der Waals surface area contributed by atoms with Crippen LogP contribution in [0.4, 0.5) is 4.39 Å². The largest absolute Gasteiger partial charge is 0.359 e. The van der Waals surface area contributed by atoms with Gasteiger partial charge >= 0.3 is 0 Å². The molecule has 0 spiro atoms. The number of guanidine groups is 1. The molecule has 0 radical (unpaired) electrons. The van der Waals surface area contributed by atoms with E-state index in [1.807, 2.05) is 19.2 Å². The van der Waals surface area contributed by atoms with Gasteiger partial charge in [0.05, 0.1) is 18.8 Å². The standard InChI is InChI=1S/C19H27FN4OS/c1-5-21-19(23-11-17-9-18(13(2)3)24-25-17)22-10-14-6-7-16(20)8-15(14)12-26-4/h6-9,13H,5,10-12H2,1-4H3,(H2,21,22,23). The average Bonchev–Trinajstić information content (AvgIpc) is 3.08. The Hall–Kier alpha value is -2.02. The first-order valence-corrected chi connectivity index (χ1v) is 10.2. The summed E-state index contributed by atoms with van der Waals surface area (Å²) in [5.74, 6) is 2.35. The van der Waals surface area contributed by atoms with E-state index < -0.39 is 0 Å². The van der Waals surface area contributed by atoms with Crippen LogP contribution in [0.25, 0.3) is 0 Å². The van der Waals surface area contributed by atoms with Gasteiger partial charge in [0, 0.05) is 18.4 Å². The van der Waals surface area contributed by atoms with E-state index in [0.717, 1.165) is 34.9 Å². The van der Waals surface area contributed by atoms with Crippen molar-refractivity contribution >= 4 is 17.7 Å². The van der Waals surface area contributed by atoms with E-state index in [2.05, 4.69) is 34.6 Å². The van der Waals surface area contributed by atoms with Gasteiger partial charge in [-0.3, -0.25) is 0 Å². The van der Waals surface area contributed by atoms with Crippen molar-refractivity contribution in [2.75, 3.05) is 12.8 Å². The highest BCUT2D eigenvalue weighted by atomic mass is 32.2. The predicted molar refractivity (Wildman–Crippen MR) is 106 cm³/mol. The zero-order valence-electron chi connectivity index (χ0n) is 15.8. The number of benzene rings is 1. The molecule has 0 atom stereocenters. The SMILES string of the molecule is CCNC(=NCc1ccc(F)cc1CSC)NCc1cc(C(C)C)no1. The molecule has 26 heavy (non-hydrogen) atoms. The molecule has 0 amide bonds. The maximum absolute atomic E-state index is 13.5. The van der Waals surface area contributed by atoms with Crippen molar-refractivity contribution in [1.29, 1.82) is 0 Å². The average molecular weight is 379 g/mol. The molecule has 1 aromatic carbocycles. The Morgan fingerprint density at radius 2 is 2.08 bits per heavy atom. The first kappa shape index (κ1) is 20.3. The van der Waals surface area contributed by atoms with Crippen molar-refractivity contribution in [3.05, 3.63) is 52.7 Å². The van der Waals surface area contributed by atoms with Gasteiger partial charge in [0.2, 0.25) is 0 Å². The topological polar surface area (TPSA) is 62.5 Å². The summed E-state index contributed by atoms with van der Waals surface area (Å²) in [6.45, 7) is 7.91. The third-order valence-electron chi connectivity index (χ3n) is 3.82. The minimum atomic E-state index is -0.210. The number of nitrogens with zero attached hydrogens (tertiary/aromatic N) is 2. The monoisotopic (exact) mass is 378 g/mol. The van der Waals surface area contributed by atoms with E-state index >= 15 is 0 Å². The molecule has 1 heterocycles. The number of hydrogen-bond donors (Lipinski definition) is 2. The molecule has 142 valence electrons. The Labute approximate surface area is 158 Å². The van der Waals surface area contributed by atoms with Gasteiger partial charge in [-0.1, -0.05) is 25.1 Å². The van der Waals surface area contributed by atoms with Gasteiger partial charge in [-0.25, -0.2) is 9.38 Å². The lowest BCUT2D eigenvalue weighted by Crippen LogP contribution is -2.36. The third kappa shape index (κ3) is 6.05. The van der Waals surface area contributed by atoms with E-state index in [1.165, 1.54) is 6.07 Å². The summed E-state index contributed by atoms with van der Waals surface area (Å²) in [6, 6.07) is 6.83. The number of nitrogens with one attached hydrogen (secondary N) is 2. The maximum Gasteiger partial charge on any atom is 0.191 e. The first-order chi connectivity index (χ1) is 12.5. The van der Waals surface area contributed by atoms with Gasteiger partial charge in [0.1, 0.15) is 5.82 Å². The molecule has 2 aromatic rings. The molecule has 0 aliphatic heterocycles. The Bertz CT molecular complexity index is 730. The van der Waals surface area contributed by atoms with Crippen molar-refractivity contribution in [2.45, 2.75) is 45.5 Å². The van der Waals surface area contributed by atoms with Crippen molar-refractivity contribution in [3.63, 3.8) is 0 Å². The summed E-state index contributed by atoms with van der Waals surface area (Å²) in [5.41, 5.74) is 2.95. The second-order valence-corrected chi connectivity index (χ2v) is 7.13. The second-order valence-electron chi connectivity index (χ2n) is 6.27. The van der Waals surface area contributed by atoms with Gasteiger partial charge in [0.25, 0.3) is 0 Å². The number of thioether (sulfide) groups is 1. The molecule has 1 aromatic heterocycles. The van der Waals surface area contributed by atoms with Crippen molar-refractivity contribution in [1.82, 2.24) is 15.8 Å². The fraction of sp³-hybridized carbons (Fsp3) is 0.474. The van der Waals surface area contributed by atoms with Crippen molar-refractivity contribution in [2.24, 2.45) is 4.99 Å². The summed E-state index contributed by atoms with van der Waals surface area (Å²) in [7, 11) is 0. The molecular weight excluding hydrogens is 351 g/mol. The Morgan fingerprint density at radius 3 is 2.73 bits per heavy atom. The molecule has 0 aliphatic carbocycles. The van der Waals surface area contributed by atoms with Crippen LogP contribution >= 0.6 is 11.8 Å². The second kappa shape index (κ2) is 10.2. The molecule has 0 bridgehead atoms. The smallest absolute Gasteiger partial charge is 0.191 e. The molecule has 0 saturated carbocycles. The van der Waals surface area contributed by atoms with Crippen LogP contribution in [0.15, 0.2) is 33.8 Å². The minimum absolute atomic E-state index is 0.210. The highest BCUT2D eigenvalue weighted by molar-refractivity contribution is 7.97. The normalized spacial score (nSPS) is 11.8. The van der Waals surface area contributed by atoms with E-state index in [9.17, 15) is 4.39 Å². The van der Waals surface area contributed by atoms with Crippen LogP contribution in [-0.4, -0.2) is 23.9 Å². The molecule has 5 nitrogen and oxygen atoms in total. The van der Waals surface area contributed by atoms with Crippen LogP contribution in [0.5, 0.6) is 0 Å². The molecule has 0 aliphatic rings. The molecule has 2 rings (SSSR count). The number of hydrogen-bond acceptors (Lipinski definition) is 4. The van der Waals surface area contributed by atoms with Crippen LogP contribution in [0.3, 0.4) is 0 Å². The zero-order valence-corrected chi connectivity index (χ0v) is 16.6. The summed E-state index contributed by atoms with van der Waals surface area (Å²) < 4.78 is 18.8. The van der Waals surface area contributed by atoms with Crippen LogP contribution < -0.4 is 10.6 Å². The molecule has 7 heteroatoms. The minimum Gasteiger partial charge on any atom is -0.359 e. The van der Waals surface area contributed by atoms with Gasteiger partial charge in [-0.15, -0.1) is 0 Å². The van der Waals surface area contributed by atoms with Crippen LogP contribution in [0.2, 0.25) is 0 Å². The van der Waals surface area contributed by atoms with Crippen LogP contribution in [-0.2, 0) is 18.8 Å². The summed E-state index contributed by atoms with van der Waals surface area (Å²) >= 11 is 1.67. The highest BCUT2D eigenvalue weighted by Crippen LogP contribution is 2.18. The van der Waals surface area contributed by atoms with Gasteiger partial charge in [0.15, 0.2) is 11.7 Å². The maximum atomic E-state index is 13.5. The number of aromatic nitrogens is 1. The van der Waals surface area contributed by atoms with Gasteiger partial charge in [-0.2, -0.15) is 11.8 Å². The van der Waals surface area contributed by atoms with E-state index in [1.54, 1.807) is 23.9 Å². The predicted octanol–water partition coefficient (Wildman–Crippen LogP) is 4.06. The van der Waals surface area contributed by atoms with Crippen molar-refractivity contribution < 1.29 is 8.91 Å².